The number of nitrogens with zero attached hydrogens (tertiary/aromatic N) is 1. The van der Waals surface area contributed by atoms with Gasteiger partial charge in [-0.3, -0.25) is 4.90 Å². The Morgan fingerprint density at radius 2 is 2.39 bits per heavy atom. The number of hydrogen-bond donors (Lipinski definition) is 0. The van der Waals surface area contributed by atoms with Crippen molar-refractivity contribution >= 4 is 0 Å². The van der Waals surface area contributed by atoms with Crippen molar-refractivity contribution < 1.29 is 9.15 Å². The molecule has 0 saturated carbocycles. The summed E-state index contributed by atoms with van der Waals surface area (Å²) in [5.74, 6) is 8.00. The summed E-state index contributed by atoms with van der Waals surface area (Å²) in [5.41, 5.74) is 0. The summed E-state index contributed by atoms with van der Waals surface area (Å²) in [6.45, 7) is 4.70. The fraction of sp³-hybridized carbons (Fsp3) is 0.600. The van der Waals surface area contributed by atoms with Gasteiger partial charge in [-0.15, -0.1) is 0 Å². The van der Waals surface area contributed by atoms with E-state index in [1.807, 2.05) is 6.07 Å². The molecule has 3 heteroatoms. The van der Waals surface area contributed by atoms with Crippen molar-refractivity contribution in [2.24, 2.45) is 5.92 Å². The van der Waals surface area contributed by atoms with Gasteiger partial charge in [0.05, 0.1) is 18.8 Å². The summed E-state index contributed by atoms with van der Waals surface area (Å²) in [6, 6.07) is 4.40. The van der Waals surface area contributed by atoms with Crippen molar-refractivity contribution in [3.8, 4) is 11.8 Å². The molecule has 2 heterocycles. The fourth-order valence-corrected chi connectivity index (χ4v) is 2.44. The predicted octanol–water partition coefficient (Wildman–Crippen LogP) is 2.70. The van der Waals surface area contributed by atoms with Crippen molar-refractivity contribution in [1.82, 2.24) is 4.90 Å². The third-order valence-corrected chi connectivity index (χ3v) is 3.47. The molecular weight excluding hydrogens is 226 g/mol. The first-order valence-electron chi connectivity index (χ1n) is 6.53. The van der Waals surface area contributed by atoms with Gasteiger partial charge in [0.1, 0.15) is 12.4 Å². The van der Waals surface area contributed by atoms with Gasteiger partial charge in [0.15, 0.2) is 0 Å². The van der Waals surface area contributed by atoms with Crippen LogP contribution in [-0.2, 0) is 4.74 Å². The molecule has 2 atom stereocenters. The van der Waals surface area contributed by atoms with E-state index >= 15 is 0 Å². The average molecular weight is 247 g/mol. The molecule has 1 aliphatic heterocycles. The third-order valence-electron chi connectivity index (χ3n) is 3.47. The van der Waals surface area contributed by atoms with E-state index in [1.165, 1.54) is 6.42 Å². The molecule has 1 aromatic rings. The number of ether oxygens (including phenoxy) is 1. The molecule has 3 nitrogen and oxygen atoms in total. The largest absolute Gasteiger partial charge is 0.468 e. The first-order valence-corrected chi connectivity index (χ1v) is 6.53. The van der Waals surface area contributed by atoms with Crippen LogP contribution in [0.1, 0.15) is 31.6 Å². The molecule has 1 fully saturated rings. The molecule has 1 saturated heterocycles. The molecular formula is C15H21NO2. The van der Waals surface area contributed by atoms with Crippen molar-refractivity contribution in [3.05, 3.63) is 24.2 Å². The lowest BCUT2D eigenvalue weighted by atomic mass is 9.91. The first-order chi connectivity index (χ1) is 8.81. The Labute approximate surface area is 109 Å². The molecule has 0 amide bonds. The number of piperidine rings is 1. The lowest BCUT2D eigenvalue weighted by Gasteiger charge is -2.36. The van der Waals surface area contributed by atoms with E-state index in [1.54, 1.807) is 13.4 Å². The minimum atomic E-state index is 0.376. The Kier molecular flexibility index (Phi) is 4.86. The summed E-state index contributed by atoms with van der Waals surface area (Å²) in [5, 5.41) is 0. The van der Waals surface area contributed by atoms with Gasteiger partial charge in [-0.25, -0.2) is 0 Å². The summed E-state index contributed by atoms with van der Waals surface area (Å²) >= 11 is 0. The van der Waals surface area contributed by atoms with Crippen LogP contribution in [0, 0.1) is 17.8 Å². The number of methoxy groups -OCH3 is 1. The number of furan rings is 1. The van der Waals surface area contributed by atoms with Crippen LogP contribution in [0.25, 0.3) is 0 Å². The highest BCUT2D eigenvalue weighted by Gasteiger charge is 2.28. The van der Waals surface area contributed by atoms with Crippen LogP contribution in [0.5, 0.6) is 0 Å². The smallest absolute Gasteiger partial charge is 0.120 e. The van der Waals surface area contributed by atoms with E-state index in [9.17, 15) is 0 Å². The van der Waals surface area contributed by atoms with E-state index in [0.717, 1.165) is 31.2 Å². The minimum Gasteiger partial charge on any atom is -0.468 e. The molecule has 0 N–H and O–H groups in total. The van der Waals surface area contributed by atoms with Crippen molar-refractivity contribution in [1.29, 1.82) is 0 Å². The zero-order chi connectivity index (χ0) is 12.8. The summed E-state index contributed by atoms with van der Waals surface area (Å²) in [7, 11) is 1.67. The maximum absolute atomic E-state index is 5.56. The Morgan fingerprint density at radius 1 is 1.50 bits per heavy atom. The van der Waals surface area contributed by atoms with Gasteiger partial charge < -0.3 is 9.15 Å². The molecule has 1 aromatic heterocycles. The standard InChI is InChI=1S/C15H21NO2/c1-13-7-9-16(8-3-4-10-17-2)14(12-13)15-6-5-11-18-15/h5-6,11,13-14H,7-10,12H2,1-2H3/t13-,14+/m0/s1. The van der Waals surface area contributed by atoms with Gasteiger partial charge >= 0.3 is 0 Å². The van der Waals surface area contributed by atoms with Crippen LogP contribution in [0.3, 0.4) is 0 Å². The maximum atomic E-state index is 5.56. The third kappa shape index (κ3) is 3.38. The van der Waals surface area contributed by atoms with Crippen LogP contribution in [0.4, 0.5) is 0 Å². The van der Waals surface area contributed by atoms with Crippen LogP contribution in [0.2, 0.25) is 0 Å². The molecule has 98 valence electrons. The highest BCUT2D eigenvalue weighted by Crippen LogP contribution is 2.33. The van der Waals surface area contributed by atoms with Crippen LogP contribution < -0.4 is 0 Å². The number of likely N-dealkylation sites (tertiary alicyclic amines) is 1. The number of rotatable bonds is 3. The summed E-state index contributed by atoms with van der Waals surface area (Å²) < 4.78 is 10.5. The molecule has 0 radical (unpaired) electrons. The molecule has 0 spiro atoms. The molecule has 1 aliphatic rings. The summed E-state index contributed by atoms with van der Waals surface area (Å²) in [6.07, 6.45) is 4.14. The first kappa shape index (κ1) is 13.2. The van der Waals surface area contributed by atoms with Crippen molar-refractivity contribution in [3.63, 3.8) is 0 Å². The van der Waals surface area contributed by atoms with Gasteiger partial charge in [-0.1, -0.05) is 18.8 Å². The van der Waals surface area contributed by atoms with Crippen LogP contribution in [0.15, 0.2) is 22.8 Å². The van der Waals surface area contributed by atoms with Gasteiger partial charge in [0.25, 0.3) is 0 Å². The fourth-order valence-electron chi connectivity index (χ4n) is 2.44. The monoisotopic (exact) mass is 247 g/mol. The Hall–Kier alpha value is -1.24. The topological polar surface area (TPSA) is 25.6 Å². The van der Waals surface area contributed by atoms with E-state index in [2.05, 4.69) is 29.7 Å². The molecule has 0 unspecified atom stereocenters. The normalized spacial score (nSPS) is 24.6. The van der Waals surface area contributed by atoms with Gasteiger partial charge in [-0.05, 0) is 30.9 Å². The SMILES string of the molecule is COCC#CCN1CC[C@H](C)C[C@@H]1c1ccco1. The number of hydrogen-bond acceptors (Lipinski definition) is 3. The predicted molar refractivity (Wildman–Crippen MR) is 71.1 cm³/mol. The zero-order valence-corrected chi connectivity index (χ0v) is 11.2. The summed E-state index contributed by atoms with van der Waals surface area (Å²) in [4.78, 5) is 2.40. The van der Waals surface area contributed by atoms with Crippen molar-refractivity contribution in [2.75, 3.05) is 26.8 Å². The lowest BCUT2D eigenvalue weighted by Crippen LogP contribution is -2.36. The van der Waals surface area contributed by atoms with Crippen molar-refractivity contribution in [2.45, 2.75) is 25.8 Å². The van der Waals surface area contributed by atoms with E-state index in [0.29, 0.717) is 12.6 Å². The van der Waals surface area contributed by atoms with Gasteiger partial charge in [0.2, 0.25) is 0 Å². The highest BCUT2D eigenvalue weighted by molar-refractivity contribution is 5.09. The quantitative estimate of drug-likeness (QED) is 0.768. The van der Waals surface area contributed by atoms with E-state index in [4.69, 9.17) is 9.15 Å². The van der Waals surface area contributed by atoms with Crippen LogP contribution >= 0.6 is 0 Å². The molecule has 2 rings (SSSR count). The van der Waals surface area contributed by atoms with Gasteiger partial charge in [-0.2, -0.15) is 0 Å². The lowest BCUT2D eigenvalue weighted by molar-refractivity contribution is 0.117. The second-order valence-electron chi connectivity index (χ2n) is 4.92. The minimum absolute atomic E-state index is 0.376. The Bertz CT molecular complexity index is 402. The average Bonchev–Trinajstić information content (AvgIpc) is 2.90. The van der Waals surface area contributed by atoms with Gasteiger partial charge in [0, 0.05) is 13.7 Å². The Morgan fingerprint density at radius 3 is 3.11 bits per heavy atom. The molecule has 0 aliphatic carbocycles. The van der Waals surface area contributed by atoms with Crippen LogP contribution in [-0.4, -0.2) is 31.7 Å². The zero-order valence-electron chi connectivity index (χ0n) is 11.2. The molecule has 0 bridgehead atoms. The molecule has 0 aromatic carbocycles. The highest BCUT2D eigenvalue weighted by atomic mass is 16.5. The second-order valence-corrected chi connectivity index (χ2v) is 4.92. The Balaban J connectivity index is 2.00. The van der Waals surface area contributed by atoms with E-state index < -0.39 is 0 Å². The van der Waals surface area contributed by atoms with E-state index in [-0.39, 0.29) is 0 Å². The maximum Gasteiger partial charge on any atom is 0.120 e. The second kappa shape index (κ2) is 6.63. The molecule has 18 heavy (non-hydrogen) atoms.